The summed E-state index contributed by atoms with van der Waals surface area (Å²) >= 11 is 0. The second-order valence-corrected chi connectivity index (χ2v) is 4.12. The van der Waals surface area contributed by atoms with E-state index in [1.54, 1.807) is 12.4 Å². The molecule has 4 heteroatoms. The average Bonchev–Trinajstić information content (AvgIpc) is 2.30. The number of piperidine rings is 1. The van der Waals surface area contributed by atoms with Crippen molar-refractivity contribution >= 4 is 5.82 Å². The molecule has 0 aromatic carbocycles. The molecular formula is C11H18N4. The summed E-state index contributed by atoms with van der Waals surface area (Å²) in [4.78, 5) is 11.1. The summed E-state index contributed by atoms with van der Waals surface area (Å²) in [5.74, 6) is 1.50. The van der Waals surface area contributed by atoms with Crippen LogP contribution in [0.2, 0.25) is 0 Å². The van der Waals surface area contributed by atoms with Crippen LogP contribution in [0.25, 0.3) is 0 Å². The van der Waals surface area contributed by atoms with Gasteiger partial charge in [-0.25, -0.2) is 4.98 Å². The van der Waals surface area contributed by atoms with Gasteiger partial charge < -0.3 is 10.2 Å². The Labute approximate surface area is 90.7 Å². The number of nitrogens with one attached hydrogen (secondary N) is 1. The zero-order valence-corrected chi connectivity index (χ0v) is 9.40. The summed E-state index contributed by atoms with van der Waals surface area (Å²) < 4.78 is 0. The summed E-state index contributed by atoms with van der Waals surface area (Å²) in [5, 5.41) is 3.12. The van der Waals surface area contributed by atoms with E-state index in [-0.39, 0.29) is 0 Å². The van der Waals surface area contributed by atoms with Gasteiger partial charge in [-0.05, 0) is 33.0 Å². The summed E-state index contributed by atoms with van der Waals surface area (Å²) in [6.45, 7) is 2.31. The minimum Gasteiger partial charge on any atom is -0.372 e. The van der Waals surface area contributed by atoms with Gasteiger partial charge in [0.15, 0.2) is 0 Å². The Balaban J connectivity index is 2.15. The lowest BCUT2D eigenvalue weighted by atomic mass is 9.93. The second-order valence-electron chi connectivity index (χ2n) is 4.12. The minimum absolute atomic E-state index is 0.567. The lowest BCUT2D eigenvalue weighted by molar-refractivity contribution is 0.253. The van der Waals surface area contributed by atoms with Crippen LogP contribution in [0.1, 0.15) is 24.5 Å². The van der Waals surface area contributed by atoms with E-state index in [0.717, 1.165) is 24.6 Å². The predicted octanol–water partition coefficient (Wildman–Crippen LogP) is 1.33. The van der Waals surface area contributed by atoms with Crippen molar-refractivity contribution in [3.8, 4) is 0 Å². The van der Waals surface area contributed by atoms with Crippen molar-refractivity contribution in [3.05, 3.63) is 18.1 Å². The molecule has 0 radical (unpaired) electrons. The van der Waals surface area contributed by atoms with Gasteiger partial charge in [0.05, 0.1) is 5.69 Å². The number of hydrogen-bond acceptors (Lipinski definition) is 4. The van der Waals surface area contributed by atoms with Crippen LogP contribution >= 0.6 is 0 Å². The topological polar surface area (TPSA) is 41.1 Å². The normalized spacial score (nSPS) is 19.1. The molecule has 0 amide bonds. The van der Waals surface area contributed by atoms with Gasteiger partial charge in [-0.2, -0.15) is 0 Å². The largest absolute Gasteiger partial charge is 0.372 e. The Morgan fingerprint density at radius 3 is 2.60 bits per heavy atom. The van der Waals surface area contributed by atoms with Crippen molar-refractivity contribution in [1.82, 2.24) is 14.9 Å². The van der Waals surface area contributed by atoms with E-state index < -0.39 is 0 Å². The van der Waals surface area contributed by atoms with Crippen LogP contribution < -0.4 is 5.32 Å². The Morgan fingerprint density at radius 2 is 1.93 bits per heavy atom. The van der Waals surface area contributed by atoms with Gasteiger partial charge in [-0.3, -0.25) is 4.98 Å². The number of anilines is 1. The zero-order chi connectivity index (χ0) is 10.7. The summed E-state index contributed by atoms with van der Waals surface area (Å²) in [6, 6.07) is 0. The molecule has 0 saturated carbocycles. The standard InChI is InChI=1S/C11H18N4/c1-12-11-10(13-5-6-14-11)9-3-7-15(2)8-4-9/h5-6,9H,3-4,7-8H2,1-2H3,(H,12,14). The molecule has 0 bridgehead atoms. The Kier molecular flexibility index (Phi) is 3.16. The highest BCUT2D eigenvalue weighted by Crippen LogP contribution is 2.29. The van der Waals surface area contributed by atoms with Crippen LogP contribution in [-0.2, 0) is 0 Å². The minimum atomic E-state index is 0.567. The maximum absolute atomic E-state index is 4.45. The van der Waals surface area contributed by atoms with E-state index in [1.807, 2.05) is 7.05 Å². The zero-order valence-electron chi connectivity index (χ0n) is 9.40. The first kappa shape index (κ1) is 10.4. The van der Waals surface area contributed by atoms with Crippen LogP contribution in [0.4, 0.5) is 5.82 Å². The number of hydrogen-bond donors (Lipinski definition) is 1. The molecule has 2 heterocycles. The van der Waals surface area contributed by atoms with Crippen molar-refractivity contribution in [2.45, 2.75) is 18.8 Å². The Morgan fingerprint density at radius 1 is 1.27 bits per heavy atom. The predicted molar refractivity (Wildman–Crippen MR) is 61.1 cm³/mol. The van der Waals surface area contributed by atoms with Gasteiger partial charge >= 0.3 is 0 Å². The van der Waals surface area contributed by atoms with Crippen LogP contribution in [0.3, 0.4) is 0 Å². The lowest BCUT2D eigenvalue weighted by Gasteiger charge is -2.29. The van der Waals surface area contributed by atoms with Gasteiger partial charge in [-0.1, -0.05) is 0 Å². The fourth-order valence-corrected chi connectivity index (χ4v) is 2.12. The van der Waals surface area contributed by atoms with Crippen molar-refractivity contribution in [2.75, 3.05) is 32.5 Å². The molecule has 1 fully saturated rings. The van der Waals surface area contributed by atoms with Gasteiger partial charge in [0, 0.05) is 25.4 Å². The van der Waals surface area contributed by atoms with Gasteiger partial charge in [0.25, 0.3) is 0 Å². The van der Waals surface area contributed by atoms with E-state index in [0.29, 0.717) is 5.92 Å². The molecule has 1 aromatic rings. The van der Waals surface area contributed by atoms with Crippen LogP contribution in [0.15, 0.2) is 12.4 Å². The molecule has 0 unspecified atom stereocenters. The third-order valence-electron chi connectivity index (χ3n) is 3.07. The van der Waals surface area contributed by atoms with Crippen LogP contribution in [0, 0.1) is 0 Å². The molecule has 15 heavy (non-hydrogen) atoms. The second kappa shape index (κ2) is 4.57. The molecule has 0 atom stereocenters. The highest BCUT2D eigenvalue weighted by molar-refractivity contribution is 5.40. The van der Waals surface area contributed by atoms with Gasteiger partial charge in [0.1, 0.15) is 5.82 Å². The number of rotatable bonds is 2. The Hall–Kier alpha value is -1.16. The van der Waals surface area contributed by atoms with Crippen molar-refractivity contribution in [1.29, 1.82) is 0 Å². The van der Waals surface area contributed by atoms with Crippen LogP contribution in [-0.4, -0.2) is 42.1 Å². The summed E-state index contributed by atoms with van der Waals surface area (Å²) in [6.07, 6.45) is 5.90. The molecule has 0 spiro atoms. The quantitative estimate of drug-likeness (QED) is 0.792. The fourth-order valence-electron chi connectivity index (χ4n) is 2.12. The van der Waals surface area contributed by atoms with E-state index in [2.05, 4.69) is 27.2 Å². The molecule has 2 rings (SSSR count). The van der Waals surface area contributed by atoms with E-state index in [1.165, 1.54) is 12.8 Å². The molecule has 1 aliphatic rings. The van der Waals surface area contributed by atoms with Crippen molar-refractivity contribution in [2.24, 2.45) is 0 Å². The highest BCUT2D eigenvalue weighted by Gasteiger charge is 2.21. The molecule has 1 aliphatic heterocycles. The van der Waals surface area contributed by atoms with Gasteiger partial charge in [-0.15, -0.1) is 0 Å². The third-order valence-corrected chi connectivity index (χ3v) is 3.07. The first-order valence-electron chi connectivity index (χ1n) is 5.48. The van der Waals surface area contributed by atoms with Crippen molar-refractivity contribution < 1.29 is 0 Å². The lowest BCUT2D eigenvalue weighted by Crippen LogP contribution is -2.29. The van der Waals surface area contributed by atoms with E-state index in [4.69, 9.17) is 0 Å². The Bertz CT molecular complexity index is 318. The molecule has 4 nitrogen and oxygen atoms in total. The molecule has 1 N–H and O–H groups in total. The smallest absolute Gasteiger partial charge is 0.147 e. The monoisotopic (exact) mass is 206 g/mol. The first-order chi connectivity index (χ1) is 7.31. The maximum atomic E-state index is 4.45. The van der Waals surface area contributed by atoms with Crippen molar-refractivity contribution in [3.63, 3.8) is 0 Å². The molecule has 82 valence electrons. The fraction of sp³-hybridized carbons (Fsp3) is 0.636. The number of nitrogens with zero attached hydrogens (tertiary/aromatic N) is 3. The average molecular weight is 206 g/mol. The number of likely N-dealkylation sites (tertiary alicyclic amines) is 1. The molecule has 1 saturated heterocycles. The maximum Gasteiger partial charge on any atom is 0.147 e. The summed E-state index contributed by atoms with van der Waals surface area (Å²) in [5.41, 5.74) is 1.13. The molecule has 0 aliphatic carbocycles. The van der Waals surface area contributed by atoms with E-state index >= 15 is 0 Å². The van der Waals surface area contributed by atoms with Crippen LogP contribution in [0.5, 0.6) is 0 Å². The SMILES string of the molecule is CNc1nccnc1C1CCN(C)CC1. The summed E-state index contributed by atoms with van der Waals surface area (Å²) in [7, 11) is 4.08. The number of aromatic nitrogens is 2. The highest BCUT2D eigenvalue weighted by atomic mass is 15.1. The molecular weight excluding hydrogens is 188 g/mol. The van der Waals surface area contributed by atoms with Gasteiger partial charge in [0.2, 0.25) is 0 Å². The van der Waals surface area contributed by atoms with E-state index in [9.17, 15) is 0 Å². The first-order valence-corrected chi connectivity index (χ1v) is 5.48. The molecule has 1 aromatic heterocycles. The third kappa shape index (κ3) is 2.26.